The van der Waals surface area contributed by atoms with Gasteiger partial charge in [0.1, 0.15) is 23.9 Å². The number of benzene rings is 2. The fraction of sp³-hybridized carbons (Fsp3) is 0.286. The molecule has 0 bridgehead atoms. The lowest BCUT2D eigenvalue weighted by atomic mass is 10.00. The second-order valence-corrected chi connectivity index (χ2v) is 7.09. The Kier molecular flexibility index (Phi) is 5.12. The van der Waals surface area contributed by atoms with E-state index in [4.69, 9.17) is 13.9 Å². The molecule has 1 aromatic heterocycles. The molecule has 5 N–H and O–H groups in total. The van der Waals surface area contributed by atoms with Crippen LogP contribution in [-0.2, 0) is 4.74 Å². The van der Waals surface area contributed by atoms with E-state index in [1.54, 1.807) is 18.2 Å². The maximum absolute atomic E-state index is 13.1. The van der Waals surface area contributed by atoms with E-state index >= 15 is 0 Å². The van der Waals surface area contributed by atoms with Gasteiger partial charge in [0.2, 0.25) is 17.5 Å². The number of aliphatic hydroxyl groups is 3. The number of rotatable bonds is 3. The van der Waals surface area contributed by atoms with Gasteiger partial charge in [0.15, 0.2) is 17.3 Å². The second-order valence-electron chi connectivity index (χ2n) is 7.09. The maximum atomic E-state index is 13.1. The number of fused-ring (bicyclic) bond motifs is 1. The molecule has 4 rings (SSSR count). The molecule has 1 aliphatic heterocycles. The van der Waals surface area contributed by atoms with Crippen molar-refractivity contribution in [3.05, 3.63) is 52.7 Å². The third-order valence-electron chi connectivity index (χ3n) is 5.04. The Bertz CT molecular complexity index is 1140. The van der Waals surface area contributed by atoms with Crippen molar-refractivity contribution in [2.75, 3.05) is 0 Å². The number of phenols is 2. The minimum Gasteiger partial charge on any atom is -0.504 e. The number of hydrogen-bond donors (Lipinski definition) is 5. The Morgan fingerprint density at radius 3 is 2.40 bits per heavy atom. The summed E-state index contributed by atoms with van der Waals surface area (Å²) in [4.78, 5) is 13.1. The van der Waals surface area contributed by atoms with Crippen LogP contribution < -0.4 is 10.2 Å². The summed E-state index contributed by atoms with van der Waals surface area (Å²) >= 11 is 0. The van der Waals surface area contributed by atoms with E-state index in [-0.39, 0.29) is 33.8 Å². The molecular weight excluding hydrogens is 396 g/mol. The van der Waals surface area contributed by atoms with Gasteiger partial charge < -0.3 is 39.4 Å². The van der Waals surface area contributed by atoms with Crippen LogP contribution in [0.25, 0.3) is 22.3 Å². The first-order valence-electron chi connectivity index (χ1n) is 9.22. The number of hydrogen-bond acceptors (Lipinski definition) is 9. The first kappa shape index (κ1) is 20.2. The molecule has 0 unspecified atom stereocenters. The normalized spacial score (nSPS) is 26.6. The van der Waals surface area contributed by atoms with Crippen LogP contribution in [0.1, 0.15) is 6.92 Å². The van der Waals surface area contributed by atoms with Gasteiger partial charge in [-0.05, 0) is 37.3 Å². The standard InChI is InChI=1S/C21H20O9/c1-9-15(24)17(26)18(27)21(28-9)30-20-16(25)11-4-2-3-5-14(11)29-19(20)10-6-7-12(22)13(23)8-10/h2-9,15,17-18,21-24,26-27H,1H3/t9-,15-,17+,18+,21-/m0/s1. The Morgan fingerprint density at radius 1 is 0.933 bits per heavy atom. The third-order valence-corrected chi connectivity index (χ3v) is 5.04. The van der Waals surface area contributed by atoms with Crippen molar-refractivity contribution in [2.45, 2.75) is 37.6 Å². The van der Waals surface area contributed by atoms with E-state index in [9.17, 15) is 30.3 Å². The highest BCUT2D eigenvalue weighted by atomic mass is 16.7. The van der Waals surface area contributed by atoms with Gasteiger partial charge in [0, 0.05) is 5.56 Å². The summed E-state index contributed by atoms with van der Waals surface area (Å²) in [5.74, 6) is -1.19. The number of ether oxygens (including phenoxy) is 2. The Labute approximate surface area is 170 Å². The Morgan fingerprint density at radius 2 is 1.67 bits per heavy atom. The number of aromatic hydroxyl groups is 2. The molecule has 2 heterocycles. The fourth-order valence-corrected chi connectivity index (χ4v) is 3.31. The molecular formula is C21H20O9. The summed E-state index contributed by atoms with van der Waals surface area (Å²) in [5.41, 5.74) is -0.0862. The van der Waals surface area contributed by atoms with Gasteiger partial charge in [-0.2, -0.15) is 0 Å². The lowest BCUT2D eigenvalue weighted by molar-refractivity contribution is -0.268. The first-order chi connectivity index (χ1) is 14.3. The minimum atomic E-state index is -1.64. The fourth-order valence-electron chi connectivity index (χ4n) is 3.31. The molecule has 9 heteroatoms. The smallest absolute Gasteiger partial charge is 0.235 e. The molecule has 9 nitrogen and oxygen atoms in total. The lowest BCUT2D eigenvalue weighted by Gasteiger charge is -2.38. The molecule has 5 atom stereocenters. The van der Waals surface area contributed by atoms with Crippen LogP contribution in [0.4, 0.5) is 0 Å². The molecule has 1 saturated heterocycles. The van der Waals surface area contributed by atoms with Crippen LogP contribution in [0.5, 0.6) is 17.2 Å². The van der Waals surface area contributed by atoms with Crippen LogP contribution in [-0.4, -0.2) is 56.2 Å². The zero-order valence-electron chi connectivity index (χ0n) is 15.8. The lowest BCUT2D eigenvalue weighted by Crippen LogP contribution is -2.58. The molecule has 0 amide bonds. The highest BCUT2D eigenvalue weighted by molar-refractivity contribution is 5.82. The summed E-state index contributed by atoms with van der Waals surface area (Å²) in [7, 11) is 0. The first-order valence-corrected chi connectivity index (χ1v) is 9.22. The number of aliphatic hydroxyl groups excluding tert-OH is 3. The molecule has 2 aromatic carbocycles. The van der Waals surface area contributed by atoms with Crippen LogP contribution in [0.15, 0.2) is 51.7 Å². The maximum Gasteiger partial charge on any atom is 0.235 e. The molecule has 0 aliphatic carbocycles. The highest BCUT2D eigenvalue weighted by Gasteiger charge is 2.43. The Balaban J connectivity index is 1.86. The number of phenolic OH excluding ortho intramolecular Hbond substituents is 2. The van der Waals surface area contributed by atoms with Gasteiger partial charge in [-0.25, -0.2) is 0 Å². The van der Waals surface area contributed by atoms with Crippen LogP contribution in [0, 0.1) is 0 Å². The zero-order chi connectivity index (χ0) is 21.6. The average molecular weight is 416 g/mol. The summed E-state index contributed by atoms with van der Waals surface area (Å²) in [5, 5.41) is 49.8. The minimum absolute atomic E-state index is 0.0712. The van der Waals surface area contributed by atoms with Gasteiger partial charge in [-0.3, -0.25) is 4.79 Å². The van der Waals surface area contributed by atoms with Gasteiger partial charge in [-0.1, -0.05) is 12.1 Å². The Hall–Kier alpha value is -3.11. The van der Waals surface area contributed by atoms with Crippen molar-refractivity contribution >= 4 is 11.0 Å². The largest absolute Gasteiger partial charge is 0.504 e. The molecule has 0 radical (unpaired) electrons. The number of para-hydroxylation sites is 1. The summed E-state index contributed by atoms with van der Waals surface area (Å²) in [6.07, 6.45) is -6.86. The molecule has 1 fully saturated rings. The molecule has 30 heavy (non-hydrogen) atoms. The quantitative estimate of drug-likeness (QED) is 0.395. The summed E-state index contributed by atoms with van der Waals surface area (Å²) in [6.45, 7) is 1.48. The average Bonchev–Trinajstić information content (AvgIpc) is 2.74. The zero-order valence-corrected chi connectivity index (χ0v) is 15.8. The monoisotopic (exact) mass is 416 g/mol. The van der Waals surface area contributed by atoms with Crippen LogP contribution in [0.2, 0.25) is 0 Å². The van der Waals surface area contributed by atoms with E-state index in [0.29, 0.717) is 0 Å². The van der Waals surface area contributed by atoms with Gasteiger partial charge in [-0.15, -0.1) is 0 Å². The highest BCUT2D eigenvalue weighted by Crippen LogP contribution is 2.37. The van der Waals surface area contributed by atoms with Crippen molar-refractivity contribution in [1.82, 2.24) is 0 Å². The second kappa shape index (κ2) is 7.62. The van der Waals surface area contributed by atoms with Crippen molar-refractivity contribution in [3.8, 4) is 28.6 Å². The molecule has 158 valence electrons. The van der Waals surface area contributed by atoms with E-state index in [0.717, 1.165) is 0 Å². The summed E-state index contributed by atoms with van der Waals surface area (Å²) in [6, 6.07) is 10.3. The predicted octanol–water partition coefficient (Wildman–Crippen LogP) is 1.08. The predicted molar refractivity (Wildman–Crippen MR) is 104 cm³/mol. The van der Waals surface area contributed by atoms with Crippen molar-refractivity contribution in [1.29, 1.82) is 0 Å². The van der Waals surface area contributed by atoms with Crippen molar-refractivity contribution in [2.24, 2.45) is 0 Å². The molecule has 0 saturated carbocycles. The van der Waals surface area contributed by atoms with Gasteiger partial charge in [0.25, 0.3) is 0 Å². The van der Waals surface area contributed by atoms with Crippen molar-refractivity contribution < 1.29 is 39.4 Å². The van der Waals surface area contributed by atoms with Crippen LogP contribution >= 0.6 is 0 Å². The summed E-state index contributed by atoms with van der Waals surface area (Å²) < 4.78 is 16.9. The van der Waals surface area contributed by atoms with E-state index < -0.39 is 41.9 Å². The molecule has 1 aliphatic rings. The van der Waals surface area contributed by atoms with Crippen LogP contribution in [0.3, 0.4) is 0 Å². The van der Waals surface area contributed by atoms with Gasteiger partial charge >= 0.3 is 0 Å². The topological polar surface area (TPSA) is 150 Å². The SMILES string of the molecule is C[C@@H]1O[C@@H](Oc2c(-c3ccc(O)c(O)c3)oc3ccccc3c2=O)[C@H](O)[C@H](O)[C@H]1O. The molecule has 3 aromatic rings. The van der Waals surface area contributed by atoms with E-state index in [1.807, 2.05) is 0 Å². The third kappa shape index (κ3) is 3.37. The molecule has 0 spiro atoms. The van der Waals surface area contributed by atoms with E-state index in [1.165, 1.54) is 31.2 Å². The van der Waals surface area contributed by atoms with Crippen molar-refractivity contribution in [3.63, 3.8) is 0 Å². The van der Waals surface area contributed by atoms with Gasteiger partial charge in [0.05, 0.1) is 11.5 Å². The van der Waals surface area contributed by atoms with E-state index in [2.05, 4.69) is 0 Å².